The van der Waals surface area contributed by atoms with Gasteiger partial charge in [-0.3, -0.25) is 9.48 Å². The van der Waals surface area contributed by atoms with E-state index >= 15 is 0 Å². The number of hydrogen-bond donors (Lipinski definition) is 2. The van der Waals surface area contributed by atoms with E-state index in [0.29, 0.717) is 11.3 Å². The Morgan fingerprint density at radius 2 is 2.44 bits per heavy atom. The zero-order chi connectivity index (χ0) is 13.1. The standard InChI is InChI=1S/C12H15N3O2S/c1-8-10(6-15(2)14-8)12(17)13-5-11(16)9-3-4-18-7-9/h3-4,6-7,11,16H,5H2,1-2H3,(H,13,17). The Labute approximate surface area is 109 Å². The van der Waals surface area contributed by atoms with Gasteiger partial charge in [-0.05, 0) is 29.3 Å². The van der Waals surface area contributed by atoms with Crippen LogP contribution in [0.1, 0.15) is 27.7 Å². The SMILES string of the molecule is Cc1nn(C)cc1C(=O)NCC(O)c1ccsc1. The first-order valence-electron chi connectivity index (χ1n) is 5.56. The molecule has 2 aromatic heterocycles. The summed E-state index contributed by atoms with van der Waals surface area (Å²) in [5.74, 6) is -0.213. The molecule has 1 amide bonds. The van der Waals surface area contributed by atoms with Crippen molar-refractivity contribution >= 4 is 17.2 Å². The highest BCUT2D eigenvalue weighted by Gasteiger charge is 2.14. The third-order valence-electron chi connectivity index (χ3n) is 2.64. The van der Waals surface area contributed by atoms with Crippen LogP contribution in [-0.4, -0.2) is 27.3 Å². The van der Waals surface area contributed by atoms with Crippen LogP contribution in [0.15, 0.2) is 23.0 Å². The molecule has 0 saturated carbocycles. The predicted molar refractivity (Wildman–Crippen MR) is 69.6 cm³/mol. The van der Waals surface area contributed by atoms with E-state index in [1.807, 2.05) is 16.8 Å². The van der Waals surface area contributed by atoms with Gasteiger partial charge in [0.2, 0.25) is 0 Å². The first-order valence-corrected chi connectivity index (χ1v) is 6.51. The van der Waals surface area contributed by atoms with Gasteiger partial charge in [0.05, 0.1) is 17.4 Å². The lowest BCUT2D eigenvalue weighted by Crippen LogP contribution is -2.28. The average molecular weight is 265 g/mol. The van der Waals surface area contributed by atoms with E-state index in [4.69, 9.17) is 0 Å². The topological polar surface area (TPSA) is 67.2 Å². The Morgan fingerprint density at radius 3 is 3.00 bits per heavy atom. The molecule has 0 saturated heterocycles. The Hall–Kier alpha value is -1.66. The molecule has 0 aliphatic heterocycles. The summed E-state index contributed by atoms with van der Waals surface area (Å²) in [5, 5.41) is 20.4. The molecule has 0 bridgehead atoms. The van der Waals surface area contributed by atoms with Crippen LogP contribution in [0.3, 0.4) is 0 Å². The lowest BCUT2D eigenvalue weighted by Gasteiger charge is -2.10. The second-order valence-corrected chi connectivity index (χ2v) is 4.86. The summed E-state index contributed by atoms with van der Waals surface area (Å²) in [7, 11) is 1.77. The fourth-order valence-electron chi connectivity index (χ4n) is 1.69. The van der Waals surface area contributed by atoms with E-state index in [2.05, 4.69) is 10.4 Å². The number of hydrogen-bond acceptors (Lipinski definition) is 4. The summed E-state index contributed by atoms with van der Waals surface area (Å²) < 4.78 is 1.60. The number of aryl methyl sites for hydroxylation is 2. The van der Waals surface area contributed by atoms with Gasteiger partial charge in [-0.25, -0.2) is 0 Å². The van der Waals surface area contributed by atoms with Crippen molar-refractivity contribution in [1.29, 1.82) is 0 Å². The fourth-order valence-corrected chi connectivity index (χ4v) is 2.40. The van der Waals surface area contributed by atoms with Crippen LogP contribution in [0.5, 0.6) is 0 Å². The maximum absolute atomic E-state index is 11.9. The number of carbonyl (C=O) groups excluding carboxylic acids is 1. The van der Waals surface area contributed by atoms with Crippen molar-refractivity contribution in [3.63, 3.8) is 0 Å². The third kappa shape index (κ3) is 2.77. The Morgan fingerprint density at radius 1 is 1.67 bits per heavy atom. The van der Waals surface area contributed by atoms with Crippen molar-refractivity contribution in [2.24, 2.45) is 7.05 Å². The van der Waals surface area contributed by atoms with E-state index in [-0.39, 0.29) is 12.5 Å². The van der Waals surface area contributed by atoms with Crippen LogP contribution >= 0.6 is 11.3 Å². The zero-order valence-corrected chi connectivity index (χ0v) is 11.1. The molecule has 5 nitrogen and oxygen atoms in total. The maximum Gasteiger partial charge on any atom is 0.254 e. The summed E-state index contributed by atoms with van der Waals surface area (Å²) in [4.78, 5) is 11.9. The van der Waals surface area contributed by atoms with Crippen LogP contribution in [0.4, 0.5) is 0 Å². The largest absolute Gasteiger partial charge is 0.387 e. The monoisotopic (exact) mass is 265 g/mol. The zero-order valence-electron chi connectivity index (χ0n) is 10.3. The molecule has 1 atom stereocenters. The van der Waals surface area contributed by atoms with Crippen LogP contribution in [0, 0.1) is 6.92 Å². The summed E-state index contributed by atoms with van der Waals surface area (Å²) in [6.45, 7) is 1.98. The second kappa shape index (κ2) is 5.32. The predicted octanol–water partition coefficient (Wildman–Crippen LogP) is 1.25. The Kier molecular flexibility index (Phi) is 3.78. The molecule has 2 heterocycles. The number of aliphatic hydroxyl groups excluding tert-OH is 1. The third-order valence-corrected chi connectivity index (χ3v) is 3.34. The summed E-state index contributed by atoms with van der Waals surface area (Å²) in [6, 6.07) is 1.84. The lowest BCUT2D eigenvalue weighted by molar-refractivity contribution is 0.0916. The normalized spacial score (nSPS) is 12.4. The molecule has 0 aromatic carbocycles. The van der Waals surface area contributed by atoms with Gasteiger partial charge in [-0.15, -0.1) is 0 Å². The number of aliphatic hydroxyl groups is 1. The highest BCUT2D eigenvalue weighted by molar-refractivity contribution is 7.07. The van der Waals surface area contributed by atoms with Crippen LogP contribution in [0.25, 0.3) is 0 Å². The van der Waals surface area contributed by atoms with Crippen molar-refractivity contribution in [1.82, 2.24) is 15.1 Å². The van der Waals surface area contributed by atoms with Gasteiger partial charge >= 0.3 is 0 Å². The number of rotatable bonds is 4. The molecule has 0 aliphatic carbocycles. The van der Waals surface area contributed by atoms with E-state index in [1.54, 1.807) is 24.9 Å². The fraction of sp³-hybridized carbons (Fsp3) is 0.333. The summed E-state index contributed by atoms with van der Waals surface area (Å²) >= 11 is 1.52. The van der Waals surface area contributed by atoms with Gasteiger partial charge in [0.25, 0.3) is 5.91 Å². The molecular formula is C12H15N3O2S. The minimum absolute atomic E-state index is 0.198. The van der Waals surface area contributed by atoms with Crippen molar-refractivity contribution in [2.45, 2.75) is 13.0 Å². The number of aromatic nitrogens is 2. The second-order valence-electron chi connectivity index (χ2n) is 4.08. The molecule has 18 heavy (non-hydrogen) atoms. The smallest absolute Gasteiger partial charge is 0.254 e. The summed E-state index contributed by atoms with van der Waals surface area (Å²) in [6.07, 6.45) is 0.999. The maximum atomic E-state index is 11.9. The molecule has 96 valence electrons. The first kappa shape index (κ1) is 12.8. The number of nitrogens with one attached hydrogen (secondary N) is 1. The number of carbonyl (C=O) groups is 1. The van der Waals surface area contributed by atoms with Crippen LogP contribution < -0.4 is 5.32 Å². The van der Waals surface area contributed by atoms with Crippen LogP contribution in [-0.2, 0) is 7.05 Å². The van der Waals surface area contributed by atoms with E-state index in [1.165, 1.54) is 11.3 Å². The Bertz CT molecular complexity index is 534. The van der Waals surface area contributed by atoms with E-state index in [0.717, 1.165) is 5.56 Å². The van der Waals surface area contributed by atoms with Crippen molar-refractivity contribution in [3.05, 3.63) is 39.8 Å². The summed E-state index contributed by atoms with van der Waals surface area (Å²) in [5.41, 5.74) is 2.04. The quantitative estimate of drug-likeness (QED) is 0.874. The minimum Gasteiger partial charge on any atom is -0.387 e. The van der Waals surface area contributed by atoms with Gasteiger partial charge in [-0.1, -0.05) is 0 Å². The van der Waals surface area contributed by atoms with Crippen LogP contribution in [0.2, 0.25) is 0 Å². The van der Waals surface area contributed by atoms with Gasteiger partial charge in [0.15, 0.2) is 0 Å². The Balaban J connectivity index is 1.94. The molecular weight excluding hydrogens is 250 g/mol. The van der Waals surface area contributed by atoms with Crippen molar-refractivity contribution in [3.8, 4) is 0 Å². The van der Waals surface area contributed by atoms with Crippen molar-refractivity contribution in [2.75, 3.05) is 6.54 Å². The van der Waals surface area contributed by atoms with Gasteiger partial charge < -0.3 is 10.4 Å². The molecule has 0 radical (unpaired) electrons. The van der Waals surface area contributed by atoms with Gasteiger partial charge in [0.1, 0.15) is 0 Å². The molecule has 1 unspecified atom stereocenters. The van der Waals surface area contributed by atoms with Gasteiger partial charge in [-0.2, -0.15) is 16.4 Å². The van der Waals surface area contributed by atoms with E-state index < -0.39 is 6.10 Å². The molecule has 0 spiro atoms. The first-order chi connectivity index (χ1) is 8.58. The van der Waals surface area contributed by atoms with E-state index in [9.17, 15) is 9.90 Å². The number of thiophene rings is 1. The number of nitrogens with zero attached hydrogens (tertiary/aromatic N) is 2. The molecule has 0 aliphatic rings. The average Bonchev–Trinajstić information content (AvgIpc) is 2.95. The molecule has 2 aromatic rings. The van der Waals surface area contributed by atoms with Gasteiger partial charge in [0, 0.05) is 19.8 Å². The minimum atomic E-state index is -0.669. The molecule has 0 fully saturated rings. The van der Waals surface area contributed by atoms with Crippen molar-refractivity contribution < 1.29 is 9.90 Å². The number of amides is 1. The molecule has 2 N–H and O–H groups in total. The highest BCUT2D eigenvalue weighted by atomic mass is 32.1. The molecule has 6 heteroatoms. The lowest BCUT2D eigenvalue weighted by atomic mass is 10.2. The highest BCUT2D eigenvalue weighted by Crippen LogP contribution is 2.15. The molecule has 2 rings (SSSR count).